The van der Waals surface area contributed by atoms with Crippen LogP contribution in [0.5, 0.6) is 0 Å². The Bertz CT molecular complexity index is 811. The average Bonchev–Trinajstić information content (AvgIpc) is 3.31. The topological polar surface area (TPSA) is 86.0 Å². The van der Waals surface area contributed by atoms with E-state index in [1.165, 1.54) is 0 Å². The lowest BCUT2D eigenvalue weighted by molar-refractivity contribution is 0.0953. The van der Waals surface area contributed by atoms with Crippen LogP contribution in [0.25, 0.3) is 0 Å². The molecule has 1 aliphatic rings. The molecule has 1 aliphatic heterocycles. The molecule has 3 rings (SSSR count). The molecule has 168 valence electrons. The molecular weight excluding hydrogens is 392 g/mol. The molecule has 1 aromatic heterocycles. The molecule has 0 spiro atoms. The standard InChI is InChI=1S/C23H34N6O2/c1-3-5-11-25-22(30)20-8-6-19(7-9-20)17-26-23(24-4-2)29-14-12-28(13-15-29)18-21-10-16-31-27-21/h6-10,16H,3-5,11-15,17-18H2,1-2H3,(H,24,26)(H,25,30). The van der Waals surface area contributed by atoms with Gasteiger partial charge in [-0.15, -0.1) is 0 Å². The van der Waals surface area contributed by atoms with Gasteiger partial charge in [0.1, 0.15) is 6.26 Å². The Hall–Kier alpha value is -2.87. The van der Waals surface area contributed by atoms with Gasteiger partial charge in [-0.3, -0.25) is 9.69 Å². The van der Waals surface area contributed by atoms with Crippen LogP contribution in [0.15, 0.2) is 46.1 Å². The number of guanidine groups is 1. The maximum Gasteiger partial charge on any atom is 0.251 e. The zero-order valence-electron chi connectivity index (χ0n) is 18.6. The highest BCUT2D eigenvalue weighted by Gasteiger charge is 2.20. The fourth-order valence-corrected chi connectivity index (χ4v) is 3.50. The number of unbranched alkanes of at least 4 members (excludes halogenated alkanes) is 1. The quantitative estimate of drug-likeness (QED) is 0.364. The summed E-state index contributed by atoms with van der Waals surface area (Å²) in [6, 6.07) is 9.64. The number of carbonyl (C=O) groups is 1. The van der Waals surface area contributed by atoms with Crippen LogP contribution in [0.4, 0.5) is 0 Å². The number of amides is 1. The molecule has 8 heteroatoms. The summed E-state index contributed by atoms with van der Waals surface area (Å²) in [4.78, 5) is 21.7. The van der Waals surface area contributed by atoms with E-state index in [-0.39, 0.29) is 5.91 Å². The number of hydrogen-bond donors (Lipinski definition) is 2. The molecule has 0 bridgehead atoms. The fourth-order valence-electron chi connectivity index (χ4n) is 3.50. The smallest absolute Gasteiger partial charge is 0.251 e. The molecule has 31 heavy (non-hydrogen) atoms. The van der Waals surface area contributed by atoms with E-state index in [4.69, 9.17) is 9.52 Å². The van der Waals surface area contributed by atoms with Crippen LogP contribution in [0.1, 0.15) is 48.3 Å². The number of aromatic nitrogens is 1. The lowest BCUT2D eigenvalue weighted by Gasteiger charge is -2.36. The SMILES string of the molecule is CCCCNC(=O)c1ccc(CN=C(NCC)N2CCN(Cc3ccon3)CC2)cc1. The summed E-state index contributed by atoms with van der Waals surface area (Å²) in [5, 5.41) is 10.4. The van der Waals surface area contributed by atoms with Gasteiger partial charge in [-0.2, -0.15) is 0 Å². The maximum atomic E-state index is 12.1. The van der Waals surface area contributed by atoms with Gasteiger partial charge in [-0.05, 0) is 31.0 Å². The monoisotopic (exact) mass is 426 g/mol. The molecule has 8 nitrogen and oxygen atoms in total. The molecule has 1 aromatic carbocycles. The van der Waals surface area contributed by atoms with Gasteiger partial charge in [-0.1, -0.05) is 30.6 Å². The maximum absolute atomic E-state index is 12.1. The second kappa shape index (κ2) is 12.1. The number of rotatable bonds is 9. The van der Waals surface area contributed by atoms with Crippen LogP contribution in [0, 0.1) is 0 Å². The van der Waals surface area contributed by atoms with Crippen LogP contribution >= 0.6 is 0 Å². The number of benzene rings is 1. The number of carbonyl (C=O) groups excluding carboxylic acids is 1. The molecule has 0 unspecified atom stereocenters. The molecule has 0 atom stereocenters. The summed E-state index contributed by atoms with van der Waals surface area (Å²) in [5.74, 6) is 0.922. The summed E-state index contributed by atoms with van der Waals surface area (Å²) >= 11 is 0. The van der Waals surface area contributed by atoms with Gasteiger partial charge >= 0.3 is 0 Å². The highest BCUT2D eigenvalue weighted by atomic mass is 16.5. The number of piperazine rings is 1. The van der Waals surface area contributed by atoms with Crippen LogP contribution < -0.4 is 10.6 Å². The molecule has 1 fully saturated rings. The van der Waals surface area contributed by atoms with Crippen LogP contribution in [0.2, 0.25) is 0 Å². The van der Waals surface area contributed by atoms with E-state index >= 15 is 0 Å². The molecule has 0 saturated carbocycles. The van der Waals surface area contributed by atoms with Crippen molar-refractivity contribution in [3.05, 3.63) is 53.4 Å². The number of nitrogens with one attached hydrogen (secondary N) is 2. The number of nitrogens with zero attached hydrogens (tertiary/aromatic N) is 4. The molecule has 1 saturated heterocycles. The molecule has 1 amide bonds. The van der Waals surface area contributed by atoms with E-state index in [2.05, 4.69) is 39.4 Å². The van der Waals surface area contributed by atoms with E-state index in [9.17, 15) is 4.79 Å². The average molecular weight is 427 g/mol. The largest absolute Gasteiger partial charge is 0.364 e. The van der Waals surface area contributed by atoms with E-state index < -0.39 is 0 Å². The zero-order chi connectivity index (χ0) is 21.9. The second-order valence-electron chi connectivity index (χ2n) is 7.73. The first-order valence-electron chi connectivity index (χ1n) is 11.2. The molecule has 0 aliphatic carbocycles. The highest BCUT2D eigenvalue weighted by Crippen LogP contribution is 2.09. The van der Waals surface area contributed by atoms with Gasteiger partial charge in [0.15, 0.2) is 5.96 Å². The number of hydrogen-bond acceptors (Lipinski definition) is 5. The minimum absolute atomic E-state index is 0.0136. The normalized spacial score (nSPS) is 15.2. The molecule has 2 N–H and O–H groups in total. The van der Waals surface area contributed by atoms with Crippen LogP contribution in [-0.2, 0) is 13.1 Å². The third-order valence-electron chi connectivity index (χ3n) is 5.33. The van der Waals surface area contributed by atoms with Crippen molar-refractivity contribution in [1.82, 2.24) is 25.6 Å². The molecule has 2 aromatic rings. The Labute approximate surface area is 184 Å². The Morgan fingerprint density at radius 3 is 2.52 bits per heavy atom. The summed E-state index contributed by atoms with van der Waals surface area (Å²) in [7, 11) is 0. The minimum atomic E-state index is -0.0136. The number of aliphatic imine (C=N–C) groups is 1. The molecular formula is C23H34N6O2. The summed E-state index contributed by atoms with van der Waals surface area (Å²) in [5.41, 5.74) is 2.75. The minimum Gasteiger partial charge on any atom is -0.364 e. The van der Waals surface area contributed by atoms with Crippen molar-refractivity contribution in [2.24, 2.45) is 4.99 Å². The van der Waals surface area contributed by atoms with Crippen molar-refractivity contribution in [3.63, 3.8) is 0 Å². The van der Waals surface area contributed by atoms with E-state index in [0.717, 1.165) is 75.9 Å². The van der Waals surface area contributed by atoms with Crippen molar-refractivity contribution in [3.8, 4) is 0 Å². The van der Waals surface area contributed by atoms with Gasteiger partial charge in [-0.25, -0.2) is 4.99 Å². The molecule has 2 heterocycles. The predicted molar refractivity (Wildman–Crippen MR) is 122 cm³/mol. The Morgan fingerprint density at radius 2 is 1.87 bits per heavy atom. The third-order valence-corrected chi connectivity index (χ3v) is 5.33. The lowest BCUT2D eigenvalue weighted by atomic mass is 10.1. The van der Waals surface area contributed by atoms with Crippen LogP contribution in [-0.4, -0.2) is 66.1 Å². The van der Waals surface area contributed by atoms with Gasteiger partial charge in [0, 0.05) is 57.4 Å². The Kier molecular flexibility index (Phi) is 8.90. The second-order valence-corrected chi connectivity index (χ2v) is 7.73. The van der Waals surface area contributed by atoms with Gasteiger partial charge in [0.05, 0.1) is 12.2 Å². The van der Waals surface area contributed by atoms with Crippen molar-refractivity contribution in [2.75, 3.05) is 39.3 Å². The summed E-state index contributed by atoms with van der Waals surface area (Å²) in [6.45, 7) is 10.9. The zero-order valence-corrected chi connectivity index (χ0v) is 18.6. The Balaban J connectivity index is 1.52. The lowest BCUT2D eigenvalue weighted by Crippen LogP contribution is -2.52. The molecule has 0 radical (unpaired) electrons. The van der Waals surface area contributed by atoms with Gasteiger partial charge in [0.25, 0.3) is 5.91 Å². The van der Waals surface area contributed by atoms with E-state index in [1.54, 1.807) is 6.26 Å². The summed E-state index contributed by atoms with van der Waals surface area (Å²) < 4.78 is 4.93. The third kappa shape index (κ3) is 7.10. The van der Waals surface area contributed by atoms with Crippen molar-refractivity contribution in [2.45, 2.75) is 39.8 Å². The highest BCUT2D eigenvalue weighted by molar-refractivity contribution is 5.94. The summed E-state index contributed by atoms with van der Waals surface area (Å²) in [6.07, 6.45) is 3.69. The fraction of sp³-hybridized carbons (Fsp3) is 0.522. The first kappa shape index (κ1) is 22.8. The first-order chi connectivity index (χ1) is 15.2. The predicted octanol–water partition coefficient (Wildman–Crippen LogP) is 2.49. The van der Waals surface area contributed by atoms with Crippen molar-refractivity contribution < 1.29 is 9.32 Å². The first-order valence-corrected chi connectivity index (χ1v) is 11.2. The Morgan fingerprint density at radius 1 is 1.10 bits per heavy atom. The van der Waals surface area contributed by atoms with E-state index in [1.807, 2.05) is 30.3 Å². The van der Waals surface area contributed by atoms with Gasteiger partial charge < -0.3 is 20.1 Å². The van der Waals surface area contributed by atoms with E-state index in [0.29, 0.717) is 12.1 Å². The van der Waals surface area contributed by atoms with Gasteiger partial charge in [0.2, 0.25) is 0 Å². The van der Waals surface area contributed by atoms with Crippen molar-refractivity contribution in [1.29, 1.82) is 0 Å². The van der Waals surface area contributed by atoms with Crippen molar-refractivity contribution >= 4 is 11.9 Å². The van der Waals surface area contributed by atoms with Crippen LogP contribution in [0.3, 0.4) is 0 Å².